The third-order valence-corrected chi connectivity index (χ3v) is 5.15. The van der Waals surface area contributed by atoms with Crippen molar-refractivity contribution in [3.05, 3.63) is 47.3 Å². The van der Waals surface area contributed by atoms with E-state index in [0.29, 0.717) is 35.4 Å². The van der Waals surface area contributed by atoms with Crippen molar-refractivity contribution in [3.63, 3.8) is 0 Å². The fourth-order valence-electron chi connectivity index (χ4n) is 2.42. The summed E-state index contributed by atoms with van der Waals surface area (Å²) in [7, 11) is 0.616. The lowest BCUT2D eigenvalue weighted by atomic mass is 10.2. The van der Waals surface area contributed by atoms with Crippen LogP contribution in [0.4, 0.5) is 5.69 Å². The summed E-state index contributed by atoms with van der Waals surface area (Å²) in [6.45, 7) is 0.478. The number of aromatic amines is 1. The number of nitrogens with one attached hydrogen (secondary N) is 2. The molecule has 0 spiro atoms. The number of H-pyrrole nitrogens is 1. The van der Waals surface area contributed by atoms with Gasteiger partial charge in [0, 0.05) is 46.7 Å². The van der Waals surface area contributed by atoms with Gasteiger partial charge in [-0.2, -0.15) is 5.10 Å². The van der Waals surface area contributed by atoms with Crippen molar-refractivity contribution in [2.75, 3.05) is 24.8 Å². The van der Waals surface area contributed by atoms with Gasteiger partial charge in [-0.05, 0) is 36.6 Å². The quantitative estimate of drug-likeness (QED) is 0.768. The van der Waals surface area contributed by atoms with E-state index in [-0.39, 0.29) is 5.91 Å². The molecule has 0 bridgehead atoms. The van der Waals surface area contributed by atoms with Crippen LogP contribution in [0.5, 0.6) is 0 Å². The second-order valence-electron chi connectivity index (χ2n) is 5.92. The van der Waals surface area contributed by atoms with Gasteiger partial charge in [0.25, 0.3) is 5.91 Å². The summed E-state index contributed by atoms with van der Waals surface area (Å²) in [6, 6.07) is 9.22. The third kappa shape index (κ3) is 4.52. The molecular weight excluding hydrogens is 326 g/mol. The topological polar surface area (TPSA) is 84.1 Å². The predicted molar refractivity (Wildman–Crippen MR) is 93.5 cm³/mol. The number of nitrogens with zero attached hydrogens (tertiary/aromatic N) is 1. The van der Waals surface area contributed by atoms with E-state index in [1.54, 1.807) is 7.11 Å². The Morgan fingerprint density at radius 3 is 3.00 bits per heavy atom. The standard InChI is InChI=1S/C17H21N3O3S/c1-23-7-8-24(22)11-12-3-2-4-14(9-12)18-17(21)16-10-15(19-20-16)13-5-6-13/h2-4,9-10,13H,5-8,11H2,1H3,(H,18,21)(H,19,20). The van der Waals surface area contributed by atoms with Crippen LogP contribution < -0.4 is 5.32 Å². The van der Waals surface area contributed by atoms with Crippen LogP contribution >= 0.6 is 0 Å². The van der Waals surface area contributed by atoms with Gasteiger partial charge < -0.3 is 10.1 Å². The largest absolute Gasteiger partial charge is 0.384 e. The number of benzene rings is 1. The summed E-state index contributed by atoms with van der Waals surface area (Å²) in [5.41, 5.74) is 3.02. The monoisotopic (exact) mass is 347 g/mol. The van der Waals surface area contributed by atoms with Crippen molar-refractivity contribution in [1.29, 1.82) is 0 Å². The van der Waals surface area contributed by atoms with E-state index in [1.807, 2.05) is 30.3 Å². The fraction of sp³-hybridized carbons (Fsp3) is 0.412. The van der Waals surface area contributed by atoms with E-state index in [1.165, 1.54) is 0 Å². The van der Waals surface area contributed by atoms with Crippen molar-refractivity contribution in [2.45, 2.75) is 24.5 Å². The molecule has 7 heteroatoms. The average Bonchev–Trinajstić information content (AvgIpc) is 3.30. The van der Waals surface area contributed by atoms with E-state index < -0.39 is 10.8 Å². The van der Waals surface area contributed by atoms with Gasteiger partial charge in [0.2, 0.25) is 0 Å². The number of ether oxygens (including phenoxy) is 1. The summed E-state index contributed by atoms with van der Waals surface area (Å²) < 4.78 is 16.9. The van der Waals surface area contributed by atoms with Crippen LogP contribution in [0.1, 0.15) is 40.5 Å². The maximum atomic E-state index is 12.3. The molecule has 1 aromatic carbocycles. The number of carbonyl (C=O) groups is 1. The van der Waals surface area contributed by atoms with Crippen molar-refractivity contribution in [2.24, 2.45) is 0 Å². The van der Waals surface area contributed by atoms with E-state index in [9.17, 15) is 9.00 Å². The molecule has 1 heterocycles. The molecule has 1 saturated carbocycles. The molecule has 128 valence electrons. The fourth-order valence-corrected chi connectivity index (χ4v) is 3.47. The Kier molecular flexibility index (Phi) is 5.42. The zero-order chi connectivity index (χ0) is 16.9. The summed E-state index contributed by atoms with van der Waals surface area (Å²) in [5, 5.41) is 9.85. The first kappa shape index (κ1) is 16.9. The van der Waals surface area contributed by atoms with Gasteiger partial charge in [-0.3, -0.25) is 14.1 Å². The molecule has 2 aromatic rings. The van der Waals surface area contributed by atoms with Crippen LogP contribution in [0.25, 0.3) is 0 Å². The van der Waals surface area contributed by atoms with Crippen LogP contribution in [-0.2, 0) is 21.3 Å². The number of aromatic nitrogens is 2. The minimum atomic E-state index is -0.978. The molecule has 1 aliphatic rings. The van der Waals surface area contributed by atoms with Crippen molar-refractivity contribution in [1.82, 2.24) is 10.2 Å². The number of anilines is 1. The molecule has 1 atom stereocenters. The smallest absolute Gasteiger partial charge is 0.276 e. The van der Waals surface area contributed by atoms with Crippen LogP contribution in [0.2, 0.25) is 0 Å². The number of rotatable bonds is 8. The molecule has 6 nitrogen and oxygen atoms in total. The lowest BCUT2D eigenvalue weighted by Crippen LogP contribution is -2.13. The molecule has 0 saturated heterocycles. The maximum Gasteiger partial charge on any atom is 0.276 e. The second kappa shape index (κ2) is 7.72. The summed E-state index contributed by atoms with van der Waals surface area (Å²) in [4.78, 5) is 12.3. The molecule has 0 radical (unpaired) electrons. The highest BCUT2D eigenvalue weighted by atomic mass is 32.2. The summed E-state index contributed by atoms with van der Waals surface area (Å²) in [5.74, 6) is 1.24. The molecule has 24 heavy (non-hydrogen) atoms. The first-order valence-corrected chi connectivity index (χ1v) is 9.44. The Hall–Kier alpha value is -1.99. The number of amides is 1. The average molecular weight is 347 g/mol. The van der Waals surface area contributed by atoms with Crippen molar-refractivity contribution >= 4 is 22.4 Å². The molecule has 1 fully saturated rings. The Balaban J connectivity index is 1.60. The van der Waals surface area contributed by atoms with Gasteiger partial charge in [0.05, 0.1) is 6.61 Å². The van der Waals surface area contributed by atoms with E-state index in [0.717, 1.165) is 24.1 Å². The van der Waals surface area contributed by atoms with Gasteiger partial charge in [0.1, 0.15) is 0 Å². The Morgan fingerprint density at radius 2 is 2.25 bits per heavy atom. The maximum absolute atomic E-state index is 12.3. The zero-order valence-electron chi connectivity index (χ0n) is 13.6. The highest BCUT2D eigenvalue weighted by molar-refractivity contribution is 7.84. The first-order valence-electron chi connectivity index (χ1n) is 7.95. The highest BCUT2D eigenvalue weighted by Crippen LogP contribution is 2.39. The van der Waals surface area contributed by atoms with Gasteiger partial charge in [-0.15, -0.1) is 0 Å². The molecule has 2 N–H and O–H groups in total. The molecule has 1 aliphatic carbocycles. The number of hydrogen-bond donors (Lipinski definition) is 2. The highest BCUT2D eigenvalue weighted by Gasteiger charge is 2.26. The Labute approximate surface area is 143 Å². The molecule has 1 unspecified atom stereocenters. The van der Waals surface area contributed by atoms with Crippen LogP contribution in [0.3, 0.4) is 0 Å². The van der Waals surface area contributed by atoms with E-state index >= 15 is 0 Å². The van der Waals surface area contributed by atoms with E-state index in [4.69, 9.17) is 4.74 Å². The first-order chi connectivity index (χ1) is 11.7. The van der Waals surface area contributed by atoms with Gasteiger partial charge >= 0.3 is 0 Å². The second-order valence-corrected chi connectivity index (χ2v) is 7.49. The molecule has 3 rings (SSSR count). The molecule has 1 amide bonds. The third-order valence-electron chi connectivity index (χ3n) is 3.88. The van der Waals surface area contributed by atoms with Gasteiger partial charge in [-0.1, -0.05) is 12.1 Å². The van der Waals surface area contributed by atoms with Crippen LogP contribution in [-0.4, -0.2) is 39.8 Å². The number of methoxy groups -OCH3 is 1. The van der Waals surface area contributed by atoms with Crippen LogP contribution in [0.15, 0.2) is 30.3 Å². The Morgan fingerprint density at radius 1 is 1.42 bits per heavy atom. The normalized spacial score (nSPS) is 15.2. The van der Waals surface area contributed by atoms with Gasteiger partial charge in [-0.25, -0.2) is 0 Å². The Bertz CT molecular complexity index is 740. The summed E-state index contributed by atoms with van der Waals surface area (Å²) >= 11 is 0. The van der Waals surface area contributed by atoms with Crippen molar-refractivity contribution in [3.8, 4) is 0 Å². The SMILES string of the molecule is COCCS(=O)Cc1cccc(NC(=O)c2cc(C3CC3)[nH]n2)c1. The number of hydrogen-bond acceptors (Lipinski definition) is 4. The lowest BCUT2D eigenvalue weighted by molar-refractivity contribution is 0.102. The van der Waals surface area contributed by atoms with E-state index in [2.05, 4.69) is 15.5 Å². The lowest BCUT2D eigenvalue weighted by Gasteiger charge is -2.06. The minimum Gasteiger partial charge on any atom is -0.384 e. The molecule has 1 aromatic heterocycles. The van der Waals surface area contributed by atoms with Gasteiger partial charge in [0.15, 0.2) is 5.69 Å². The predicted octanol–water partition coefficient (Wildman–Crippen LogP) is 2.43. The van der Waals surface area contributed by atoms with Crippen molar-refractivity contribution < 1.29 is 13.7 Å². The van der Waals surface area contributed by atoms with Crippen LogP contribution in [0, 0.1) is 0 Å². The number of carbonyl (C=O) groups excluding carboxylic acids is 1. The zero-order valence-corrected chi connectivity index (χ0v) is 14.4. The minimum absolute atomic E-state index is 0.240. The summed E-state index contributed by atoms with van der Waals surface area (Å²) in [6.07, 6.45) is 2.32. The molecular formula is C17H21N3O3S. The molecule has 0 aliphatic heterocycles.